The molecular formula is C11H17N. The highest BCUT2D eigenvalue weighted by Gasteiger charge is 2.24. The van der Waals surface area contributed by atoms with Crippen LogP contribution in [0.5, 0.6) is 0 Å². The lowest BCUT2D eigenvalue weighted by molar-refractivity contribution is 0.665. The van der Waals surface area contributed by atoms with Gasteiger partial charge in [0.2, 0.25) is 0 Å². The minimum Gasteiger partial charge on any atom is -0.297 e. The van der Waals surface area contributed by atoms with E-state index in [9.17, 15) is 0 Å². The van der Waals surface area contributed by atoms with Crippen molar-refractivity contribution in [3.05, 3.63) is 24.3 Å². The first-order chi connectivity index (χ1) is 5.81. The van der Waals surface area contributed by atoms with Crippen molar-refractivity contribution in [1.82, 2.24) is 0 Å². The van der Waals surface area contributed by atoms with Gasteiger partial charge in [-0.1, -0.05) is 24.6 Å². The fourth-order valence-electron chi connectivity index (χ4n) is 1.50. The molecule has 1 aliphatic rings. The molecule has 0 spiro atoms. The molecule has 1 aliphatic carbocycles. The first-order valence-corrected chi connectivity index (χ1v) is 4.59. The van der Waals surface area contributed by atoms with E-state index in [2.05, 4.69) is 31.3 Å². The molecule has 0 bridgehead atoms. The third-order valence-corrected chi connectivity index (χ3v) is 2.39. The maximum atomic E-state index is 4.06. The summed E-state index contributed by atoms with van der Waals surface area (Å²) in [5.41, 5.74) is 1.57. The third-order valence-electron chi connectivity index (χ3n) is 2.39. The molecule has 1 heteroatoms. The fourth-order valence-corrected chi connectivity index (χ4v) is 1.50. The van der Waals surface area contributed by atoms with E-state index < -0.39 is 0 Å². The van der Waals surface area contributed by atoms with Gasteiger partial charge >= 0.3 is 0 Å². The predicted molar refractivity (Wildman–Crippen MR) is 54.6 cm³/mol. The van der Waals surface area contributed by atoms with Crippen LogP contribution in [0, 0.1) is 5.92 Å². The van der Waals surface area contributed by atoms with Gasteiger partial charge in [-0.05, 0) is 31.9 Å². The molecule has 2 unspecified atom stereocenters. The van der Waals surface area contributed by atoms with E-state index in [1.165, 1.54) is 6.42 Å². The number of aliphatic imine (C=N–C) groups is 1. The molecule has 1 nitrogen and oxygen atoms in total. The zero-order chi connectivity index (χ0) is 8.97. The van der Waals surface area contributed by atoms with Crippen LogP contribution in [0.25, 0.3) is 0 Å². The average Bonchev–Trinajstić information content (AvgIpc) is 2.82. The highest BCUT2D eigenvalue weighted by molar-refractivity contribution is 5.31. The van der Waals surface area contributed by atoms with Crippen LogP contribution >= 0.6 is 0 Å². The van der Waals surface area contributed by atoms with Crippen LogP contribution in [0.3, 0.4) is 0 Å². The highest BCUT2D eigenvalue weighted by Crippen LogP contribution is 2.36. The molecule has 0 aromatic heterocycles. The lowest BCUT2D eigenvalue weighted by Crippen LogP contribution is -2.01. The Hall–Kier alpha value is -0.850. The Morgan fingerprint density at radius 3 is 2.92 bits per heavy atom. The summed E-state index contributed by atoms with van der Waals surface area (Å²) < 4.78 is 0. The van der Waals surface area contributed by atoms with E-state index >= 15 is 0 Å². The van der Waals surface area contributed by atoms with Gasteiger partial charge in [-0.3, -0.25) is 4.99 Å². The molecule has 66 valence electrons. The first-order valence-electron chi connectivity index (χ1n) is 4.59. The van der Waals surface area contributed by atoms with Crippen LogP contribution in [0.1, 0.15) is 26.2 Å². The highest BCUT2D eigenvalue weighted by atomic mass is 14.7. The molecule has 0 aromatic rings. The molecule has 0 heterocycles. The van der Waals surface area contributed by atoms with E-state index in [1.54, 1.807) is 5.57 Å². The van der Waals surface area contributed by atoms with Crippen LogP contribution in [0.2, 0.25) is 0 Å². The number of nitrogens with zero attached hydrogens (tertiary/aromatic N) is 1. The summed E-state index contributed by atoms with van der Waals surface area (Å²) in [6, 6.07) is 0.366. The normalized spacial score (nSPS) is 22.8. The van der Waals surface area contributed by atoms with Crippen molar-refractivity contribution >= 4 is 6.72 Å². The molecule has 0 saturated heterocycles. The lowest BCUT2D eigenvalue weighted by atomic mass is 10.1. The zero-order valence-electron chi connectivity index (χ0n) is 7.79. The Kier molecular flexibility index (Phi) is 3.27. The zero-order valence-corrected chi connectivity index (χ0v) is 7.79. The summed E-state index contributed by atoms with van der Waals surface area (Å²) in [7, 11) is 0. The van der Waals surface area contributed by atoms with Gasteiger partial charge in [-0.2, -0.15) is 0 Å². The molecule has 0 amide bonds. The van der Waals surface area contributed by atoms with Gasteiger partial charge in [-0.15, -0.1) is 6.58 Å². The summed E-state index contributed by atoms with van der Waals surface area (Å²) in [4.78, 5) is 4.06. The second-order valence-corrected chi connectivity index (χ2v) is 3.32. The quantitative estimate of drug-likeness (QED) is 0.421. The van der Waals surface area contributed by atoms with Crippen LogP contribution < -0.4 is 0 Å². The maximum absolute atomic E-state index is 4.06. The Bertz CT molecular complexity index is 203. The van der Waals surface area contributed by atoms with E-state index in [-0.39, 0.29) is 0 Å². The SMILES string of the molecule is C=CCC(CC1=CC1CC)N=C. The van der Waals surface area contributed by atoms with Crippen molar-refractivity contribution in [2.24, 2.45) is 10.9 Å². The molecule has 0 saturated carbocycles. The topological polar surface area (TPSA) is 12.4 Å². The van der Waals surface area contributed by atoms with Gasteiger partial charge in [0.15, 0.2) is 0 Å². The van der Waals surface area contributed by atoms with Crippen LogP contribution in [0.15, 0.2) is 29.3 Å². The second kappa shape index (κ2) is 4.24. The molecule has 0 fully saturated rings. The summed E-state index contributed by atoms with van der Waals surface area (Å²) in [5.74, 6) is 0.777. The van der Waals surface area contributed by atoms with Crippen molar-refractivity contribution in [2.75, 3.05) is 0 Å². The predicted octanol–water partition coefficient (Wildman–Crippen LogP) is 2.99. The van der Waals surface area contributed by atoms with Gasteiger partial charge in [0, 0.05) is 0 Å². The van der Waals surface area contributed by atoms with E-state index in [0.717, 1.165) is 18.8 Å². The Morgan fingerprint density at radius 2 is 2.50 bits per heavy atom. The summed E-state index contributed by atoms with van der Waals surface area (Å²) in [6.45, 7) is 9.51. The Balaban J connectivity index is 2.25. The Morgan fingerprint density at radius 1 is 1.75 bits per heavy atom. The van der Waals surface area contributed by atoms with Crippen LogP contribution in [-0.2, 0) is 0 Å². The largest absolute Gasteiger partial charge is 0.297 e. The number of hydrogen-bond acceptors (Lipinski definition) is 1. The monoisotopic (exact) mass is 163 g/mol. The molecule has 0 aliphatic heterocycles. The molecule has 0 radical (unpaired) electrons. The Labute approximate surface area is 74.9 Å². The summed E-state index contributed by atoms with van der Waals surface area (Å²) in [5, 5.41) is 0. The van der Waals surface area contributed by atoms with Crippen molar-refractivity contribution in [3.63, 3.8) is 0 Å². The third kappa shape index (κ3) is 2.33. The van der Waals surface area contributed by atoms with E-state index in [1.807, 2.05) is 6.08 Å². The number of hydrogen-bond donors (Lipinski definition) is 0. The van der Waals surface area contributed by atoms with Gasteiger partial charge in [0.05, 0.1) is 6.04 Å². The van der Waals surface area contributed by atoms with Crippen molar-refractivity contribution in [3.8, 4) is 0 Å². The van der Waals surface area contributed by atoms with Crippen molar-refractivity contribution in [1.29, 1.82) is 0 Å². The van der Waals surface area contributed by atoms with Gasteiger partial charge in [-0.25, -0.2) is 0 Å². The smallest absolute Gasteiger partial charge is 0.0563 e. The standard InChI is InChI=1S/C11H17N/c1-4-6-11(12-3)8-10-7-9(10)5-2/h4,7,9,11H,1,3,5-6,8H2,2H3. The molecular weight excluding hydrogens is 146 g/mol. The minimum absolute atomic E-state index is 0.366. The molecule has 0 N–H and O–H groups in total. The fraction of sp³-hybridized carbons (Fsp3) is 0.545. The molecule has 1 rings (SSSR count). The van der Waals surface area contributed by atoms with Crippen LogP contribution in [-0.4, -0.2) is 12.8 Å². The lowest BCUT2D eigenvalue weighted by Gasteiger charge is -2.06. The number of allylic oxidation sites excluding steroid dienone is 1. The van der Waals surface area contributed by atoms with Gasteiger partial charge in [0.25, 0.3) is 0 Å². The molecule has 12 heavy (non-hydrogen) atoms. The van der Waals surface area contributed by atoms with Crippen molar-refractivity contribution in [2.45, 2.75) is 32.2 Å². The van der Waals surface area contributed by atoms with E-state index in [0.29, 0.717) is 6.04 Å². The van der Waals surface area contributed by atoms with Crippen LogP contribution in [0.4, 0.5) is 0 Å². The molecule has 2 atom stereocenters. The molecule has 0 aromatic carbocycles. The first kappa shape index (κ1) is 9.24. The van der Waals surface area contributed by atoms with Crippen molar-refractivity contribution < 1.29 is 0 Å². The van der Waals surface area contributed by atoms with Gasteiger partial charge < -0.3 is 0 Å². The van der Waals surface area contributed by atoms with E-state index in [4.69, 9.17) is 0 Å². The summed E-state index contributed by atoms with van der Waals surface area (Å²) >= 11 is 0. The maximum Gasteiger partial charge on any atom is 0.0563 e. The minimum atomic E-state index is 0.366. The van der Waals surface area contributed by atoms with Gasteiger partial charge in [0.1, 0.15) is 0 Å². The summed E-state index contributed by atoms with van der Waals surface area (Å²) in [6.07, 6.45) is 7.54. The average molecular weight is 163 g/mol. The number of rotatable bonds is 6. The second-order valence-electron chi connectivity index (χ2n) is 3.32.